The van der Waals surface area contributed by atoms with Crippen LogP contribution in [0.4, 0.5) is 0 Å². The molecule has 0 aromatic carbocycles. The van der Waals surface area contributed by atoms with Crippen molar-refractivity contribution in [3.05, 3.63) is 0 Å². The van der Waals surface area contributed by atoms with Gasteiger partial charge in [0.25, 0.3) is 0 Å². The van der Waals surface area contributed by atoms with Crippen molar-refractivity contribution in [2.24, 2.45) is 23.5 Å². The van der Waals surface area contributed by atoms with E-state index in [0.29, 0.717) is 25.7 Å². The summed E-state index contributed by atoms with van der Waals surface area (Å²) in [5.41, 5.74) is 5.91. The van der Waals surface area contributed by atoms with Crippen LogP contribution in [0.15, 0.2) is 0 Å². The van der Waals surface area contributed by atoms with E-state index in [4.69, 9.17) is 20.3 Å². The van der Waals surface area contributed by atoms with Crippen molar-refractivity contribution >= 4 is 17.9 Å². The number of hydrogen-bond donors (Lipinski definition) is 2. The van der Waals surface area contributed by atoms with E-state index >= 15 is 0 Å². The molecule has 1 saturated carbocycles. The molecule has 2 unspecified atom stereocenters. The highest BCUT2D eigenvalue weighted by Crippen LogP contribution is 2.30. The van der Waals surface area contributed by atoms with Gasteiger partial charge in [0, 0.05) is 13.3 Å². The molecule has 0 bridgehead atoms. The molecule has 2 atom stereocenters. The first-order valence-electron chi connectivity index (χ1n) is 8.09. The van der Waals surface area contributed by atoms with Crippen molar-refractivity contribution in [2.75, 3.05) is 0 Å². The number of aliphatic carboxylic acids is 1. The van der Waals surface area contributed by atoms with Gasteiger partial charge in [-0.25, -0.2) is 0 Å². The quantitative estimate of drug-likeness (QED) is 0.539. The van der Waals surface area contributed by atoms with Crippen LogP contribution < -0.4 is 5.73 Å². The van der Waals surface area contributed by atoms with E-state index < -0.39 is 30.2 Å². The Kier molecular flexibility index (Phi) is 7.48. The zero-order chi connectivity index (χ0) is 17.6. The lowest BCUT2D eigenvalue weighted by Gasteiger charge is -2.29. The lowest BCUT2D eigenvalue weighted by molar-refractivity contribution is -0.186. The van der Waals surface area contributed by atoms with Gasteiger partial charge in [0.1, 0.15) is 6.04 Å². The van der Waals surface area contributed by atoms with Crippen LogP contribution in [-0.2, 0) is 23.9 Å². The largest absolute Gasteiger partial charge is 0.481 e. The third kappa shape index (κ3) is 6.56. The third-order valence-corrected chi connectivity index (χ3v) is 4.06. The fourth-order valence-electron chi connectivity index (χ4n) is 2.75. The lowest BCUT2D eigenvalue weighted by Crippen LogP contribution is -2.43. The Balaban J connectivity index is 2.39. The Morgan fingerprint density at radius 1 is 1.09 bits per heavy atom. The van der Waals surface area contributed by atoms with Gasteiger partial charge in [0.05, 0.1) is 5.92 Å². The predicted molar refractivity (Wildman–Crippen MR) is 82.2 cm³/mol. The number of carboxylic acid groups (broad SMARTS) is 1. The summed E-state index contributed by atoms with van der Waals surface area (Å²) < 4.78 is 10.1. The minimum atomic E-state index is -0.977. The van der Waals surface area contributed by atoms with Crippen molar-refractivity contribution in [1.82, 2.24) is 0 Å². The fraction of sp³-hybridized carbons (Fsp3) is 0.812. The van der Waals surface area contributed by atoms with Crippen LogP contribution in [-0.4, -0.2) is 35.3 Å². The maximum Gasteiger partial charge on any atom is 0.326 e. The summed E-state index contributed by atoms with van der Waals surface area (Å²) >= 11 is 0. The van der Waals surface area contributed by atoms with Gasteiger partial charge in [-0.2, -0.15) is 0 Å². The second-order valence-electron chi connectivity index (χ2n) is 6.57. The van der Waals surface area contributed by atoms with Gasteiger partial charge >= 0.3 is 17.9 Å². The molecule has 0 saturated heterocycles. The highest BCUT2D eigenvalue weighted by Gasteiger charge is 2.33. The SMILES string of the molecule is CC(C)CC(=O)OC(C)OC(=O)C(N)C1CCC(C(=O)O)CC1. The molecule has 0 radical (unpaired) electrons. The summed E-state index contributed by atoms with van der Waals surface area (Å²) in [6.07, 6.45) is 1.46. The Hall–Kier alpha value is -1.63. The van der Waals surface area contributed by atoms with E-state index in [9.17, 15) is 14.4 Å². The number of ether oxygens (including phenoxy) is 2. The molecule has 3 N–H and O–H groups in total. The van der Waals surface area contributed by atoms with E-state index in [1.54, 1.807) is 0 Å². The van der Waals surface area contributed by atoms with Gasteiger partial charge in [-0.1, -0.05) is 13.8 Å². The van der Waals surface area contributed by atoms with E-state index in [2.05, 4.69) is 0 Å². The summed E-state index contributed by atoms with van der Waals surface area (Å²) in [5, 5.41) is 8.97. The normalized spacial score (nSPS) is 23.9. The molecular weight excluding hydrogens is 302 g/mol. The number of carbonyl (C=O) groups is 3. The summed E-state index contributed by atoms with van der Waals surface area (Å²) in [7, 11) is 0. The van der Waals surface area contributed by atoms with E-state index in [-0.39, 0.29) is 24.2 Å². The average Bonchev–Trinajstić information content (AvgIpc) is 2.45. The molecule has 0 amide bonds. The standard InChI is InChI=1S/C16H27NO6/c1-9(2)8-13(18)22-10(3)23-16(21)14(17)11-4-6-12(7-5-11)15(19)20/h9-12,14H,4-8,17H2,1-3H3,(H,19,20). The average molecular weight is 329 g/mol. The van der Waals surface area contributed by atoms with Gasteiger partial charge < -0.3 is 20.3 Å². The summed E-state index contributed by atoms with van der Waals surface area (Å²) in [6, 6.07) is -0.823. The maximum atomic E-state index is 12.0. The van der Waals surface area contributed by atoms with Crippen molar-refractivity contribution < 1.29 is 29.0 Å². The van der Waals surface area contributed by atoms with E-state index in [0.717, 1.165) is 0 Å². The maximum absolute atomic E-state index is 12.0. The van der Waals surface area contributed by atoms with Crippen LogP contribution in [0, 0.1) is 17.8 Å². The van der Waals surface area contributed by atoms with Crippen molar-refractivity contribution in [2.45, 2.75) is 65.2 Å². The molecule has 1 aliphatic rings. The second kappa shape index (κ2) is 8.86. The highest BCUT2D eigenvalue weighted by atomic mass is 16.7. The third-order valence-electron chi connectivity index (χ3n) is 4.06. The molecule has 7 heteroatoms. The first-order valence-corrected chi connectivity index (χ1v) is 8.09. The molecule has 0 aliphatic heterocycles. The number of carboxylic acids is 1. The Labute approximate surface area is 136 Å². The Morgan fingerprint density at radius 2 is 1.65 bits per heavy atom. The predicted octanol–water partition coefficient (Wildman–Crippen LogP) is 1.68. The second-order valence-corrected chi connectivity index (χ2v) is 6.57. The van der Waals surface area contributed by atoms with Crippen LogP contribution in [0.2, 0.25) is 0 Å². The molecule has 0 aromatic rings. The van der Waals surface area contributed by atoms with Gasteiger partial charge in [-0.05, 0) is 37.5 Å². The summed E-state index contributed by atoms with van der Waals surface area (Å²) in [5.74, 6) is -2.13. The van der Waals surface area contributed by atoms with Crippen LogP contribution in [0.1, 0.15) is 52.9 Å². The molecule has 1 aliphatic carbocycles. The van der Waals surface area contributed by atoms with Gasteiger partial charge in [0.15, 0.2) is 0 Å². The molecule has 1 fully saturated rings. The zero-order valence-electron chi connectivity index (χ0n) is 14.0. The molecular formula is C16H27NO6. The van der Waals surface area contributed by atoms with Crippen molar-refractivity contribution in [1.29, 1.82) is 0 Å². The van der Waals surface area contributed by atoms with E-state index in [1.807, 2.05) is 13.8 Å². The minimum absolute atomic E-state index is 0.100. The summed E-state index contributed by atoms with van der Waals surface area (Å²) in [4.78, 5) is 34.5. The van der Waals surface area contributed by atoms with Gasteiger partial charge in [-0.15, -0.1) is 0 Å². The number of hydrogen-bond acceptors (Lipinski definition) is 6. The number of nitrogens with two attached hydrogens (primary N) is 1. The first-order chi connectivity index (χ1) is 10.7. The smallest absolute Gasteiger partial charge is 0.326 e. The van der Waals surface area contributed by atoms with Crippen molar-refractivity contribution in [3.8, 4) is 0 Å². The minimum Gasteiger partial charge on any atom is -0.481 e. The molecule has 0 spiro atoms. The Bertz CT molecular complexity index is 428. The van der Waals surface area contributed by atoms with Gasteiger partial charge in [-0.3, -0.25) is 14.4 Å². The zero-order valence-corrected chi connectivity index (χ0v) is 14.0. The molecule has 23 heavy (non-hydrogen) atoms. The van der Waals surface area contributed by atoms with Crippen LogP contribution in [0.5, 0.6) is 0 Å². The number of carbonyl (C=O) groups excluding carboxylic acids is 2. The van der Waals surface area contributed by atoms with Gasteiger partial charge in [0.2, 0.25) is 6.29 Å². The number of rotatable bonds is 7. The molecule has 7 nitrogen and oxygen atoms in total. The number of esters is 2. The van der Waals surface area contributed by atoms with Crippen LogP contribution >= 0.6 is 0 Å². The van der Waals surface area contributed by atoms with Crippen LogP contribution in [0.25, 0.3) is 0 Å². The topological polar surface area (TPSA) is 116 Å². The van der Waals surface area contributed by atoms with Crippen LogP contribution in [0.3, 0.4) is 0 Å². The first kappa shape index (κ1) is 19.4. The summed E-state index contributed by atoms with van der Waals surface area (Å²) in [6.45, 7) is 5.26. The molecule has 0 aromatic heterocycles. The van der Waals surface area contributed by atoms with Crippen molar-refractivity contribution in [3.63, 3.8) is 0 Å². The molecule has 1 rings (SSSR count). The monoisotopic (exact) mass is 329 g/mol. The van der Waals surface area contributed by atoms with E-state index in [1.165, 1.54) is 6.92 Å². The fourth-order valence-corrected chi connectivity index (χ4v) is 2.75. The lowest BCUT2D eigenvalue weighted by atomic mass is 9.79. The molecule has 0 heterocycles. The highest BCUT2D eigenvalue weighted by molar-refractivity contribution is 5.76. The molecule has 132 valence electrons. The Morgan fingerprint density at radius 3 is 2.13 bits per heavy atom.